The number of allylic oxidation sites excluding steroid dienone is 2. The number of anilines is 1. The minimum Gasteiger partial charge on any atom is -0.399 e. The lowest BCUT2D eigenvalue weighted by atomic mass is 10.0. The standard InChI is InChI=1S/C17H13NS/c18-12-7-8-14-16(10-12)19-15-9-6-11-4-2-1-3-5-13(11)17(14)15/h2-10H,1,18H2. The molecule has 0 saturated carbocycles. The zero-order valence-electron chi connectivity index (χ0n) is 10.4. The molecule has 92 valence electrons. The van der Waals surface area contributed by atoms with Crippen molar-refractivity contribution in [1.29, 1.82) is 0 Å². The van der Waals surface area contributed by atoms with E-state index in [0.717, 1.165) is 12.1 Å². The van der Waals surface area contributed by atoms with E-state index in [1.54, 1.807) is 0 Å². The summed E-state index contributed by atoms with van der Waals surface area (Å²) in [7, 11) is 0. The van der Waals surface area contributed by atoms with Gasteiger partial charge in [0.25, 0.3) is 0 Å². The number of hydrogen-bond donors (Lipinski definition) is 1. The molecule has 3 aromatic rings. The lowest BCUT2D eigenvalue weighted by Gasteiger charge is -2.03. The molecule has 2 N–H and O–H groups in total. The zero-order chi connectivity index (χ0) is 12.8. The van der Waals surface area contributed by atoms with Gasteiger partial charge in [0, 0.05) is 25.9 Å². The second kappa shape index (κ2) is 3.97. The number of benzene rings is 2. The van der Waals surface area contributed by atoms with Crippen molar-refractivity contribution in [2.24, 2.45) is 0 Å². The van der Waals surface area contributed by atoms with Crippen LogP contribution in [-0.2, 0) is 0 Å². The minimum atomic E-state index is 0.834. The van der Waals surface area contributed by atoms with Crippen molar-refractivity contribution in [2.45, 2.75) is 6.42 Å². The van der Waals surface area contributed by atoms with Gasteiger partial charge in [-0.25, -0.2) is 0 Å². The number of nitrogen functional groups attached to an aromatic ring is 1. The molecule has 1 aliphatic rings. The minimum absolute atomic E-state index is 0.834. The van der Waals surface area contributed by atoms with Crippen LogP contribution in [0.25, 0.3) is 32.3 Å². The first-order valence-electron chi connectivity index (χ1n) is 6.41. The van der Waals surface area contributed by atoms with Crippen LogP contribution >= 0.6 is 11.3 Å². The summed E-state index contributed by atoms with van der Waals surface area (Å²) in [5.41, 5.74) is 9.36. The molecule has 0 bridgehead atoms. The van der Waals surface area contributed by atoms with Gasteiger partial charge in [-0.15, -0.1) is 11.3 Å². The Balaban J connectivity index is 2.21. The maximum atomic E-state index is 5.89. The Morgan fingerprint density at radius 2 is 1.84 bits per heavy atom. The first-order valence-corrected chi connectivity index (χ1v) is 7.22. The summed E-state index contributed by atoms with van der Waals surface area (Å²) in [5, 5.41) is 2.67. The van der Waals surface area contributed by atoms with Crippen LogP contribution in [-0.4, -0.2) is 0 Å². The summed E-state index contributed by atoms with van der Waals surface area (Å²) in [5.74, 6) is 0. The Labute approximate surface area is 115 Å². The van der Waals surface area contributed by atoms with Gasteiger partial charge in [0.05, 0.1) is 0 Å². The molecule has 4 rings (SSSR count). The summed E-state index contributed by atoms with van der Waals surface area (Å²) >= 11 is 1.82. The SMILES string of the molecule is Nc1ccc2c(c1)sc1ccc3c(c12)C=CCC=C3. The topological polar surface area (TPSA) is 26.0 Å². The number of thiophene rings is 1. The second-order valence-electron chi connectivity index (χ2n) is 4.84. The number of hydrogen-bond acceptors (Lipinski definition) is 2. The van der Waals surface area contributed by atoms with Crippen LogP contribution in [0.4, 0.5) is 5.69 Å². The molecule has 0 radical (unpaired) electrons. The smallest absolute Gasteiger partial charge is 0.0376 e. The molecule has 0 fully saturated rings. The predicted octanol–water partition coefficient (Wildman–Crippen LogP) is 5.07. The highest BCUT2D eigenvalue weighted by Gasteiger charge is 2.11. The molecule has 0 atom stereocenters. The Bertz CT molecular complexity index is 852. The predicted molar refractivity (Wildman–Crippen MR) is 86.4 cm³/mol. The third kappa shape index (κ3) is 1.60. The molecule has 2 aromatic carbocycles. The molecule has 0 spiro atoms. The van der Waals surface area contributed by atoms with Crippen molar-refractivity contribution in [3.8, 4) is 0 Å². The van der Waals surface area contributed by atoms with Crippen LogP contribution in [0, 0.1) is 0 Å². The number of nitrogens with two attached hydrogens (primary N) is 1. The Kier molecular flexibility index (Phi) is 2.26. The van der Waals surface area contributed by atoms with E-state index in [4.69, 9.17) is 5.73 Å². The van der Waals surface area contributed by atoms with Gasteiger partial charge in [0.1, 0.15) is 0 Å². The first-order chi connectivity index (χ1) is 9.33. The van der Waals surface area contributed by atoms with Crippen LogP contribution < -0.4 is 5.73 Å². The van der Waals surface area contributed by atoms with Gasteiger partial charge in [-0.3, -0.25) is 0 Å². The lowest BCUT2D eigenvalue weighted by Crippen LogP contribution is -1.83. The maximum absolute atomic E-state index is 5.89. The van der Waals surface area contributed by atoms with Crippen LogP contribution in [0.2, 0.25) is 0 Å². The van der Waals surface area contributed by atoms with Crippen LogP contribution in [0.1, 0.15) is 17.5 Å². The molecule has 1 aliphatic carbocycles. The van der Waals surface area contributed by atoms with Gasteiger partial charge in [-0.2, -0.15) is 0 Å². The van der Waals surface area contributed by atoms with E-state index in [-0.39, 0.29) is 0 Å². The van der Waals surface area contributed by atoms with E-state index in [0.29, 0.717) is 0 Å². The molecule has 0 amide bonds. The van der Waals surface area contributed by atoms with Gasteiger partial charge in [-0.1, -0.05) is 36.4 Å². The fourth-order valence-corrected chi connectivity index (χ4v) is 3.88. The van der Waals surface area contributed by atoms with E-state index < -0.39 is 0 Å². The Morgan fingerprint density at radius 1 is 0.947 bits per heavy atom. The molecule has 2 heteroatoms. The second-order valence-corrected chi connectivity index (χ2v) is 5.92. The molecule has 0 saturated heterocycles. The molecule has 0 aliphatic heterocycles. The van der Waals surface area contributed by atoms with Gasteiger partial charge in [-0.05, 0) is 35.7 Å². The average Bonchev–Trinajstić information content (AvgIpc) is 2.61. The summed E-state index contributed by atoms with van der Waals surface area (Å²) in [6.07, 6.45) is 9.91. The molecule has 1 aromatic heterocycles. The van der Waals surface area contributed by atoms with Gasteiger partial charge in [0.2, 0.25) is 0 Å². The normalized spacial score (nSPS) is 13.9. The number of fused-ring (bicyclic) bond motifs is 5. The summed E-state index contributed by atoms with van der Waals surface area (Å²) in [4.78, 5) is 0. The van der Waals surface area contributed by atoms with E-state index in [1.807, 2.05) is 17.4 Å². The zero-order valence-corrected chi connectivity index (χ0v) is 11.2. The average molecular weight is 263 g/mol. The van der Waals surface area contributed by atoms with Crippen molar-refractivity contribution in [1.82, 2.24) is 0 Å². The van der Waals surface area contributed by atoms with Crippen molar-refractivity contribution >= 4 is 49.3 Å². The van der Waals surface area contributed by atoms with Gasteiger partial charge < -0.3 is 5.73 Å². The highest BCUT2D eigenvalue weighted by Crippen LogP contribution is 2.39. The van der Waals surface area contributed by atoms with Gasteiger partial charge in [0.15, 0.2) is 0 Å². The van der Waals surface area contributed by atoms with Crippen molar-refractivity contribution in [3.05, 3.63) is 53.6 Å². The lowest BCUT2D eigenvalue weighted by molar-refractivity contribution is 1.44. The van der Waals surface area contributed by atoms with E-state index >= 15 is 0 Å². The molecule has 19 heavy (non-hydrogen) atoms. The Hall–Kier alpha value is -2.06. The fourth-order valence-electron chi connectivity index (χ4n) is 2.71. The van der Waals surface area contributed by atoms with E-state index in [1.165, 1.54) is 31.3 Å². The van der Waals surface area contributed by atoms with Crippen molar-refractivity contribution < 1.29 is 0 Å². The third-order valence-corrected chi connectivity index (χ3v) is 4.71. The summed E-state index contributed by atoms with van der Waals surface area (Å²) < 4.78 is 2.60. The Morgan fingerprint density at radius 3 is 2.79 bits per heavy atom. The summed E-state index contributed by atoms with van der Waals surface area (Å²) in [6, 6.07) is 10.6. The molecule has 0 unspecified atom stereocenters. The number of rotatable bonds is 0. The molecular formula is C17H13NS. The van der Waals surface area contributed by atoms with Crippen molar-refractivity contribution in [2.75, 3.05) is 5.73 Å². The van der Waals surface area contributed by atoms with E-state index in [2.05, 4.69) is 48.6 Å². The monoisotopic (exact) mass is 263 g/mol. The third-order valence-electron chi connectivity index (χ3n) is 3.59. The first kappa shape index (κ1) is 10.8. The van der Waals surface area contributed by atoms with Crippen LogP contribution in [0.3, 0.4) is 0 Å². The van der Waals surface area contributed by atoms with Gasteiger partial charge >= 0.3 is 0 Å². The maximum Gasteiger partial charge on any atom is 0.0376 e. The largest absolute Gasteiger partial charge is 0.399 e. The fraction of sp³-hybridized carbons (Fsp3) is 0.0588. The molecule has 1 nitrogen and oxygen atoms in total. The highest BCUT2D eigenvalue weighted by molar-refractivity contribution is 7.25. The summed E-state index contributed by atoms with van der Waals surface area (Å²) in [6.45, 7) is 0. The highest BCUT2D eigenvalue weighted by atomic mass is 32.1. The molecule has 1 heterocycles. The van der Waals surface area contributed by atoms with Crippen molar-refractivity contribution in [3.63, 3.8) is 0 Å². The molecular weight excluding hydrogens is 250 g/mol. The van der Waals surface area contributed by atoms with Crippen LogP contribution in [0.5, 0.6) is 0 Å². The van der Waals surface area contributed by atoms with E-state index in [9.17, 15) is 0 Å². The van der Waals surface area contributed by atoms with Crippen LogP contribution in [0.15, 0.2) is 42.5 Å². The quantitative estimate of drug-likeness (QED) is 0.563.